The van der Waals surface area contributed by atoms with Crippen LogP contribution >= 0.6 is 0 Å². The molecule has 1 aromatic heterocycles. The summed E-state index contributed by atoms with van der Waals surface area (Å²) in [6, 6.07) is 4.07. The van der Waals surface area contributed by atoms with Crippen LogP contribution < -0.4 is 5.56 Å². The monoisotopic (exact) mass is 221 g/mol. The minimum Gasteiger partial charge on any atom is -0.313 e. The number of rotatable bonds is 6. The molecule has 1 rings (SSSR count). The molecular formula is C14H23NO. The summed E-state index contributed by atoms with van der Waals surface area (Å²) in [4.78, 5) is 12.2. The Hall–Kier alpha value is -1.05. The Morgan fingerprint density at radius 1 is 1.12 bits per heavy atom. The van der Waals surface area contributed by atoms with Crippen LogP contribution in [0.1, 0.15) is 50.8 Å². The van der Waals surface area contributed by atoms with Gasteiger partial charge in [0.15, 0.2) is 0 Å². The van der Waals surface area contributed by atoms with E-state index < -0.39 is 0 Å². The van der Waals surface area contributed by atoms with Gasteiger partial charge in [0, 0.05) is 17.8 Å². The van der Waals surface area contributed by atoms with E-state index in [1.807, 2.05) is 17.6 Å². The average Bonchev–Trinajstić information content (AvgIpc) is 2.28. The van der Waals surface area contributed by atoms with Crippen molar-refractivity contribution in [2.75, 3.05) is 0 Å². The fourth-order valence-corrected chi connectivity index (χ4v) is 1.87. The Bertz CT molecular complexity index is 379. The van der Waals surface area contributed by atoms with E-state index in [0.717, 1.165) is 49.9 Å². The van der Waals surface area contributed by atoms with Gasteiger partial charge in [0.25, 0.3) is 5.56 Å². The molecule has 0 radical (unpaired) electrons. The molecule has 1 aromatic rings. The highest BCUT2D eigenvalue weighted by molar-refractivity contribution is 5.15. The Morgan fingerprint density at radius 3 is 2.44 bits per heavy atom. The van der Waals surface area contributed by atoms with Crippen molar-refractivity contribution < 1.29 is 0 Å². The zero-order chi connectivity index (χ0) is 12.0. The van der Waals surface area contributed by atoms with Crippen molar-refractivity contribution in [1.29, 1.82) is 0 Å². The molecule has 0 atom stereocenters. The van der Waals surface area contributed by atoms with Gasteiger partial charge in [-0.3, -0.25) is 4.79 Å². The molecule has 0 aliphatic heterocycles. The molecule has 0 saturated heterocycles. The number of pyridine rings is 1. The third-order valence-corrected chi connectivity index (χ3v) is 3.01. The fraction of sp³-hybridized carbons (Fsp3) is 0.643. The summed E-state index contributed by atoms with van der Waals surface area (Å²) < 4.78 is 1.93. The molecule has 0 spiro atoms. The van der Waals surface area contributed by atoms with Crippen LogP contribution in [-0.2, 0) is 13.0 Å². The first kappa shape index (κ1) is 13.0. The van der Waals surface area contributed by atoms with Crippen molar-refractivity contribution in [3.63, 3.8) is 0 Å². The van der Waals surface area contributed by atoms with Gasteiger partial charge in [0.05, 0.1) is 0 Å². The van der Waals surface area contributed by atoms with Gasteiger partial charge in [0.2, 0.25) is 0 Å². The molecule has 0 fully saturated rings. The highest BCUT2D eigenvalue weighted by Crippen LogP contribution is 2.04. The lowest BCUT2D eigenvalue weighted by atomic mass is 10.1. The molecule has 16 heavy (non-hydrogen) atoms. The summed E-state index contributed by atoms with van der Waals surface area (Å²) in [7, 11) is 0. The van der Waals surface area contributed by atoms with Gasteiger partial charge in [-0.25, -0.2) is 0 Å². The molecule has 0 amide bonds. The van der Waals surface area contributed by atoms with Crippen molar-refractivity contribution in [3.05, 3.63) is 33.7 Å². The highest BCUT2D eigenvalue weighted by Gasteiger charge is 2.05. The number of aromatic nitrogens is 1. The van der Waals surface area contributed by atoms with Crippen LogP contribution in [0.15, 0.2) is 16.9 Å². The molecule has 90 valence electrons. The Kier molecular flexibility index (Phi) is 5.30. The smallest absolute Gasteiger partial charge is 0.253 e. The van der Waals surface area contributed by atoms with Gasteiger partial charge < -0.3 is 4.57 Å². The first-order chi connectivity index (χ1) is 7.70. The molecule has 0 N–H and O–H groups in total. The van der Waals surface area contributed by atoms with E-state index in [0.29, 0.717) is 0 Å². The second-order valence-electron chi connectivity index (χ2n) is 4.41. The van der Waals surface area contributed by atoms with Crippen LogP contribution in [0.25, 0.3) is 0 Å². The van der Waals surface area contributed by atoms with Gasteiger partial charge in [-0.1, -0.05) is 32.8 Å². The van der Waals surface area contributed by atoms with Crippen molar-refractivity contribution in [2.24, 2.45) is 0 Å². The molecule has 0 bridgehead atoms. The zero-order valence-corrected chi connectivity index (χ0v) is 10.8. The van der Waals surface area contributed by atoms with E-state index in [-0.39, 0.29) is 5.56 Å². The molecule has 0 aliphatic carbocycles. The topological polar surface area (TPSA) is 22.0 Å². The largest absolute Gasteiger partial charge is 0.313 e. The normalized spacial score (nSPS) is 10.7. The third-order valence-electron chi connectivity index (χ3n) is 3.01. The van der Waals surface area contributed by atoms with Gasteiger partial charge in [-0.05, 0) is 32.3 Å². The predicted molar refractivity (Wildman–Crippen MR) is 69.0 cm³/mol. The second-order valence-corrected chi connectivity index (χ2v) is 4.41. The number of unbranched alkanes of at least 4 members (excludes halogenated alkanes) is 2. The van der Waals surface area contributed by atoms with E-state index in [1.165, 1.54) is 0 Å². The molecule has 1 heterocycles. The Balaban J connectivity index is 2.92. The summed E-state index contributed by atoms with van der Waals surface area (Å²) in [5, 5.41) is 0. The predicted octanol–water partition coefficient (Wildman–Crippen LogP) is 3.30. The van der Waals surface area contributed by atoms with Gasteiger partial charge >= 0.3 is 0 Å². The van der Waals surface area contributed by atoms with Crippen molar-refractivity contribution in [3.8, 4) is 0 Å². The quantitative estimate of drug-likeness (QED) is 0.722. The maximum Gasteiger partial charge on any atom is 0.253 e. The minimum absolute atomic E-state index is 0.224. The molecular weight excluding hydrogens is 198 g/mol. The average molecular weight is 221 g/mol. The van der Waals surface area contributed by atoms with Crippen molar-refractivity contribution >= 4 is 0 Å². The van der Waals surface area contributed by atoms with Gasteiger partial charge in [-0.15, -0.1) is 0 Å². The van der Waals surface area contributed by atoms with Crippen LogP contribution in [0, 0.1) is 6.92 Å². The molecule has 0 unspecified atom stereocenters. The van der Waals surface area contributed by atoms with Crippen molar-refractivity contribution in [2.45, 2.75) is 59.4 Å². The number of hydrogen-bond acceptors (Lipinski definition) is 1. The van der Waals surface area contributed by atoms with Gasteiger partial charge in [-0.2, -0.15) is 0 Å². The number of hydrogen-bond donors (Lipinski definition) is 0. The maximum absolute atomic E-state index is 12.2. The summed E-state index contributed by atoms with van der Waals surface area (Å²) in [6.45, 7) is 7.19. The van der Waals surface area contributed by atoms with Crippen LogP contribution in [-0.4, -0.2) is 4.57 Å². The van der Waals surface area contributed by atoms with Crippen LogP contribution in [0.4, 0.5) is 0 Å². The summed E-state index contributed by atoms with van der Waals surface area (Å²) in [5.41, 5.74) is 2.28. The maximum atomic E-state index is 12.2. The zero-order valence-electron chi connectivity index (χ0n) is 10.8. The Morgan fingerprint density at radius 2 is 1.81 bits per heavy atom. The summed E-state index contributed by atoms with van der Waals surface area (Å²) in [6.07, 6.45) is 5.37. The number of aryl methyl sites for hydroxylation is 2. The fourth-order valence-electron chi connectivity index (χ4n) is 1.87. The second kappa shape index (κ2) is 6.51. The molecule has 2 nitrogen and oxygen atoms in total. The van der Waals surface area contributed by atoms with Crippen LogP contribution in [0.5, 0.6) is 0 Å². The lowest BCUT2D eigenvalue weighted by Crippen LogP contribution is -2.25. The van der Waals surface area contributed by atoms with E-state index in [9.17, 15) is 4.79 Å². The van der Waals surface area contributed by atoms with Gasteiger partial charge in [0.1, 0.15) is 0 Å². The SMILES string of the molecule is CCCCc1ccc(C)n(CCCC)c1=O. The molecule has 0 saturated carbocycles. The number of nitrogens with zero attached hydrogens (tertiary/aromatic N) is 1. The van der Waals surface area contributed by atoms with E-state index >= 15 is 0 Å². The van der Waals surface area contributed by atoms with E-state index in [4.69, 9.17) is 0 Å². The van der Waals surface area contributed by atoms with Crippen LogP contribution in [0.3, 0.4) is 0 Å². The lowest BCUT2D eigenvalue weighted by Gasteiger charge is -2.11. The minimum atomic E-state index is 0.224. The summed E-state index contributed by atoms with van der Waals surface area (Å²) >= 11 is 0. The molecule has 2 heteroatoms. The summed E-state index contributed by atoms with van der Waals surface area (Å²) in [5.74, 6) is 0. The third kappa shape index (κ3) is 3.22. The molecule has 0 aliphatic rings. The first-order valence-electron chi connectivity index (χ1n) is 6.40. The van der Waals surface area contributed by atoms with E-state index in [2.05, 4.69) is 19.9 Å². The lowest BCUT2D eigenvalue weighted by molar-refractivity contribution is 0.591. The standard InChI is InChI=1S/C14H23NO/c1-4-6-8-13-10-9-12(3)15(14(13)16)11-7-5-2/h9-10H,4-8,11H2,1-3H3. The highest BCUT2D eigenvalue weighted by atomic mass is 16.1. The molecule has 0 aromatic carbocycles. The Labute approximate surface area is 98.3 Å². The first-order valence-corrected chi connectivity index (χ1v) is 6.40. The van der Waals surface area contributed by atoms with Crippen molar-refractivity contribution in [1.82, 2.24) is 4.57 Å². The van der Waals surface area contributed by atoms with Crippen LogP contribution in [0.2, 0.25) is 0 Å². The van der Waals surface area contributed by atoms with E-state index in [1.54, 1.807) is 0 Å².